The number of nitrogens with zero attached hydrogens (tertiary/aromatic N) is 2. The SMILES string of the molecule is CC(C)CNc1nc(N)nc(C=S)c1Cl. The van der Waals surface area contributed by atoms with E-state index in [1.165, 1.54) is 5.37 Å². The summed E-state index contributed by atoms with van der Waals surface area (Å²) in [5, 5.41) is 4.90. The summed E-state index contributed by atoms with van der Waals surface area (Å²) in [6, 6.07) is 0. The van der Waals surface area contributed by atoms with Gasteiger partial charge in [0.2, 0.25) is 5.95 Å². The minimum Gasteiger partial charge on any atom is -0.368 e. The van der Waals surface area contributed by atoms with Gasteiger partial charge in [0, 0.05) is 11.9 Å². The van der Waals surface area contributed by atoms with Crippen molar-refractivity contribution >= 4 is 41.0 Å². The summed E-state index contributed by atoms with van der Waals surface area (Å²) in [6.07, 6.45) is 0. The van der Waals surface area contributed by atoms with Crippen LogP contribution >= 0.6 is 23.8 Å². The van der Waals surface area contributed by atoms with Crippen molar-refractivity contribution < 1.29 is 0 Å². The third kappa shape index (κ3) is 3.28. The van der Waals surface area contributed by atoms with Crippen LogP contribution < -0.4 is 11.1 Å². The first-order valence-electron chi connectivity index (χ1n) is 4.56. The molecule has 0 unspecified atom stereocenters. The minimum absolute atomic E-state index is 0.168. The third-order valence-corrected chi connectivity index (χ3v) is 2.28. The van der Waals surface area contributed by atoms with Gasteiger partial charge in [-0.25, -0.2) is 4.98 Å². The first kappa shape index (κ1) is 12.1. The van der Waals surface area contributed by atoms with Crippen LogP contribution in [0.1, 0.15) is 19.5 Å². The van der Waals surface area contributed by atoms with E-state index in [0.717, 1.165) is 6.54 Å². The molecule has 1 heterocycles. The molecule has 1 aromatic heterocycles. The van der Waals surface area contributed by atoms with Crippen molar-refractivity contribution in [3.8, 4) is 0 Å². The molecule has 15 heavy (non-hydrogen) atoms. The number of hydrogen-bond donors (Lipinski definition) is 2. The third-order valence-electron chi connectivity index (χ3n) is 1.68. The smallest absolute Gasteiger partial charge is 0.222 e. The molecular weight excluding hydrogens is 232 g/mol. The van der Waals surface area contributed by atoms with E-state index in [1.807, 2.05) is 0 Å². The molecule has 0 aliphatic heterocycles. The lowest BCUT2D eigenvalue weighted by atomic mass is 10.2. The van der Waals surface area contributed by atoms with Crippen molar-refractivity contribution in [2.45, 2.75) is 13.8 Å². The first-order chi connectivity index (χ1) is 7.04. The normalized spacial score (nSPS) is 10.4. The number of thiocarbonyl (C=S) groups is 1. The molecule has 0 aliphatic rings. The molecular formula is C9H13ClN4S. The van der Waals surface area contributed by atoms with E-state index in [0.29, 0.717) is 22.5 Å². The molecule has 0 fully saturated rings. The molecule has 0 atom stereocenters. The largest absolute Gasteiger partial charge is 0.368 e. The Hall–Kier alpha value is -0.940. The van der Waals surface area contributed by atoms with Gasteiger partial charge in [0.15, 0.2) is 5.82 Å². The number of nitrogens with one attached hydrogen (secondary N) is 1. The van der Waals surface area contributed by atoms with Gasteiger partial charge < -0.3 is 11.1 Å². The molecule has 6 heteroatoms. The number of nitrogen functional groups attached to an aromatic ring is 1. The van der Waals surface area contributed by atoms with Crippen LogP contribution in [0.25, 0.3) is 0 Å². The van der Waals surface area contributed by atoms with Crippen LogP contribution in [0.3, 0.4) is 0 Å². The van der Waals surface area contributed by atoms with Crippen LogP contribution in [0, 0.1) is 5.92 Å². The van der Waals surface area contributed by atoms with Gasteiger partial charge in [0.05, 0.1) is 0 Å². The fraction of sp³-hybridized carbons (Fsp3) is 0.444. The van der Waals surface area contributed by atoms with Gasteiger partial charge in [-0.15, -0.1) is 0 Å². The highest BCUT2D eigenvalue weighted by Gasteiger charge is 2.09. The highest BCUT2D eigenvalue weighted by Crippen LogP contribution is 2.22. The average Bonchev–Trinajstić information content (AvgIpc) is 2.18. The van der Waals surface area contributed by atoms with E-state index in [4.69, 9.17) is 29.6 Å². The molecule has 0 aromatic carbocycles. The second-order valence-electron chi connectivity index (χ2n) is 3.52. The van der Waals surface area contributed by atoms with Crippen LogP contribution in [0.5, 0.6) is 0 Å². The molecule has 4 nitrogen and oxygen atoms in total. The maximum atomic E-state index is 6.02. The molecule has 0 bridgehead atoms. The van der Waals surface area contributed by atoms with Crippen LogP contribution in [0.4, 0.5) is 11.8 Å². The Bertz CT molecular complexity index is 367. The average molecular weight is 245 g/mol. The summed E-state index contributed by atoms with van der Waals surface area (Å²) >= 11 is 10.8. The monoisotopic (exact) mass is 244 g/mol. The fourth-order valence-electron chi connectivity index (χ4n) is 0.978. The molecule has 0 spiro atoms. The Morgan fingerprint density at radius 3 is 2.73 bits per heavy atom. The number of hydrogen-bond acceptors (Lipinski definition) is 5. The zero-order chi connectivity index (χ0) is 11.4. The van der Waals surface area contributed by atoms with E-state index >= 15 is 0 Å². The Balaban J connectivity index is 2.96. The second kappa shape index (κ2) is 5.23. The Morgan fingerprint density at radius 2 is 2.20 bits per heavy atom. The van der Waals surface area contributed by atoms with Crippen LogP contribution in [0.15, 0.2) is 0 Å². The van der Waals surface area contributed by atoms with E-state index in [2.05, 4.69) is 29.1 Å². The molecule has 3 N–H and O–H groups in total. The van der Waals surface area contributed by atoms with Gasteiger partial charge in [0.1, 0.15) is 10.7 Å². The molecule has 0 radical (unpaired) electrons. The van der Waals surface area contributed by atoms with Crippen molar-refractivity contribution in [3.63, 3.8) is 0 Å². The number of halogens is 1. The molecule has 1 aromatic rings. The summed E-state index contributed by atoms with van der Waals surface area (Å²) in [7, 11) is 0. The number of rotatable bonds is 4. The minimum atomic E-state index is 0.168. The van der Waals surface area contributed by atoms with E-state index in [9.17, 15) is 0 Å². The Kier molecular flexibility index (Phi) is 4.23. The van der Waals surface area contributed by atoms with E-state index < -0.39 is 0 Å². The molecule has 0 aliphatic carbocycles. The lowest BCUT2D eigenvalue weighted by Crippen LogP contribution is -2.12. The van der Waals surface area contributed by atoms with E-state index in [-0.39, 0.29) is 5.95 Å². The van der Waals surface area contributed by atoms with Gasteiger partial charge in [0.25, 0.3) is 0 Å². The van der Waals surface area contributed by atoms with Gasteiger partial charge in [-0.1, -0.05) is 37.7 Å². The summed E-state index contributed by atoms with van der Waals surface area (Å²) in [4.78, 5) is 7.92. The van der Waals surface area contributed by atoms with Crippen molar-refractivity contribution in [3.05, 3.63) is 10.7 Å². The Labute approximate surface area is 99.2 Å². The predicted molar refractivity (Wildman–Crippen MR) is 67.5 cm³/mol. The Morgan fingerprint density at radius 1 is 1.53 bits per heavy atom. The summed E-state index contributed by atoms with van der Waals surface area (Å²) in [6.45, 7) is 4.95. The lowest BCUT2D eigenvalue weighted by Gasteiger charge is -2.10. The van der Waals surface area contributed by atoms with Crippen LogP contribution in [-0.4, -0.2) is 21.9 Å². The summed E-state index contributed by atoms with van der Waals surface area (Å²) in [5.41, 5.74) is 6.00. The first-order valence-corrected chi connectivity index (χ1v) is 5.41. The van der Waals surface area contributed by atoms with Crippen molar-refractivity contribution in [1.82, 2.24) is 9.97 Å². The van der Waals surface area contributed by atoms with Crippen LogP contribution in [0.2, 0.25) is 5.02 Å². The topological polar surface area (TPSA) is 63.8 Å². The number of nitrogens with two attached hydrogens (primary N) is 1. The lowest BCUT2D eigenvalue weighted by molar-refractivity contribution is 0.687. The van der Waals surface area contributed by atoms with Gasteiger partial charge in [-0.2, -0.15) is 4.98 Å². The number of anilines is 2. The zero-order valence-electron chi connectivity index (χ0n) is 8.62. The molecule has 0 amide bonds. The van der Waals surface area contributed by atoms with Crippen molar-refractivity contribution in [2.75, 3.05) is 17.6 Å². The summed E-state index contributed by atoms with van der Waals surface area (Å²) < 4.78 is 0. The maximum Gasteiger partial charge on any atom is 0.222 e. The maximum absolute atomic E-state index is 6.02. The quantitative estimate of drug-likeness (QED) is 0.795. The molecule has 1 rings (SSSR count). The van der Waals surface area contributed by atoms with Crippen molar-refractivity contribution in [2.24, 2.45) is 5.92 Å². The molecule has 0 saturated heterocycles. The number of aromatic nitrogens is 2. The highest BCUT2D eigenvalue weighted by atomic mass is 35.5. The predicted octanol–water partition coefficient (Wildman–Crippen LogP) is 2.13. The zero-order valence-corrected chi connectivity index (χ0v) is 10.2. The van der Waals surface area contributed by atoms with Gasteiger partial charge in [-0.05, 0) is 5.92 Å². The summed E-state index contributed by atoms with van der Waals surface area (Å²) in [5.74, 6) is 1.20. The fourth-order valence-corrected chi connectivity index (χ4v) is 1.42. The van der Waals surface area contributed by atoms with Crippen LogP contribution in [-0.2, 0) is 0 Å². The molecule has 0 saturated carbocycles. The molecule has 82 valence electrons. The van der Waals surface area contributed by atoms with Crippen molar-refractivity contribution in [1.29, 1.82) is 0 Å². The highest BCUT2D eigenvalue weighted by molar-refractivity contribution is 7.79. The van der Waals surface area contributed by atoms with E-state index in [1.54, 1.807) is 0 Å². The van der Waals surface area contributed by atoms with Gasteiger partial charge in [-0.3, -0.25) is 0 Å². The van der Waals surface area contributed by atoms with Gasteiger partial charge >= 0.3 is 0 Å². The standard InChI is InChI=1S/C9H13ClN4S/c1-5(2)3-12-8-7(10)6(4-15)13-9(11)14-8/h4-5H,3H2,1-2H3,(H3,11,12,13,14). The second-order valence-corrected chi connectivity index (χ2v) is 4.14.